The molecule has 22 heavy (non-hydrogen) atoms. The molecule has 0 radical (unpaired) electrons. The number of carbonyl (C=O) groups excluding carboxylic acids is 1. The highest BCUT2D eigenvalue weighted by molar-refractivity contribution is 5.81. The van der Waals surface area contributed by atoms with E-state index in [0.29, 0.717) is 0 Å². The lowest BCUT2D eigenvalue weighted by atomic mass is 10.0. The largest absolute Gasteiger partial charge is 0.466 e. The van der Waals surface area contributed by atoms with Crippen LogP contribution in [0.15, 0.2) is 12.2 Å². The molecule has 0 amide bonds. The van der Waals surface area contributed by atoms with Crippen LogP contribution in [0.4, 0.5) is 0 Å². The summed E-state index contributed by atoms with van der Waals surface area (Å²) in [5, 5.41) is 0. The lowest BCUT2D eigenvalue weighted by molar-refractivity contribution is -0.134. The molecular weight excluding hydrogens is 272 g/mol. The van der Waals surface area contributed by atoms with Gasteiger partial charge in [0.15, 0.2) is 0 Å². The topological polar surface area (TPSA) is 26.3 Å². The van der Waals surface area contributed by atoms with Gasteiger partial charge in [-0.15, -0.1) is 0 Å². The minimum Gasteiger partial charge on any atom is -0.466 e. The molecule has 0 aliphatic heterocycles. The predicted octanol–water partition coefficient (Wildman–Crippen LogP) is 6.59. The highest BCUT2D eigenvalue weighted by Crippen LogP contribution is 2.13. The van der Waals surface area contributed by atoms with Crippen LogP contribution in [-0.2, 0) is 9.53 Å². The maximum atomic E-state index is 10.9. The van der Waals surface area contributed by atoms with E-state index in [4.69, 9.17) is 0 Å². The molecule has 0 aliphatic rings. The van der Waals surface area contributed by atoms with Crippen LogP contribution in [0.1, 0.15) is 103 Å². The number of carbonyl (C=O) groups is 1. The van der Waals surface area contributed by atoms with Gasteiger partial charge in [-0.25, -0.2) is 4.79 Å². The van der Waals surface area contributed by atoms with E-state index in [1.807, 2.05) is 6.08 Å². The first kappa shape index (κ1) is 21.2. The Hall–Kier alpha value is -0.790. The number of hydrogen-bond acceptors (Lipinski definition) is 2. The first-order valence-corrected chi connectivity index (χ1v) is 9.55. The van der Waals surface area contributed by atoms with Crippen LogP contribution in [0.2, 0.25) is 0 Å². The summed E-state index contributed by atoms with van der Waals surface area (Å²) in [6.07, 6.45) is 23.8. The van der Waals surface area contributed by atoms with Crippen LogP contribution in [0.5, 0.6) is 0 Å². The Bertz CT molecular complexity index is 258. The fourth-order valence-corrected chi connectivity index (χ4v) is 2.70. The van der Waals surface area contributed by atoms with E-state index < -0.39 is 0 Å². The number of methoxy groups -OCH3 is 1. The van der Waals surface area contributed by atoms with Gasteiger partial charge in [-0.3, -0.25) is 0 Å². The van der Waals surface area contributed by atoms with Gasteiger partial charge < -0.3 is 4.74 Å². The third kappa shape index (κ3) is 17.3. The van der Waals surface area contributed by atoms with Gasteiger partial charge in [0, 0.05) is 6.08 Å². The van der Waals surface area contributed by atoms with Gasteiger partial charge in [-0.1, -0.05) is 96.5 Å². The molecule has 2 heteroatoms. The van der Waals surface area contributed by atoms with Gasteiger partial charge in [-0.2, -0.15) is 0 Å². The number of esters is 1. The zero-order valence-corrected chi connectivity index (χ0v) is 15.1. The van der Waals surface area contributed by atoms with Crippen molar-refractivity contribution in [1.29, 1.82) is 0 Å². The molecule has 0 spiro atoms. The molecule has 0 aromatic heterocycles. The average molecular weight is 311 g/mol. The molecule has 0 aromatic rings. The summed E-state index contributed by atoms with van der Waals surface area (Å²) in [5.41, 5.74) is 0. The molecule has 130 valence electrons. The summed E-state index contributed by atoms with van der Waals surface area (Å²) in [5.74, 6) is -0.245. The first-order chi connectivity index (χ1) is 10.8. The summed E-state index contributed by atoms with van der Waals surface area (Å²) in [4.78, 5) is 10.9. The molecule has 0 unspecified atom stereocenters. The standard InChI is InChI=1S/C20H38O2/c1-3-4-5-6-7-8-9-10-11-12-13-14-15-16-17-18-19-20(21)22-2/h18-19H,3-17H2,1-2H3/b19-18-. The van der Waals surface area contributed by atoms with Crippen LogP contribution in [0, 0.1) is 0 Å². The Balaban J connectivity index is 3.05. The fraction of sp³-hybridized carbons (Fsp3) is 0.850. The Labute approximate surface area is 138 Å². The molecule has 0 atom stereocenters. The number of hydrogen-bond donors (Lipinski definition) is 0. The van der Waals surface area contributed by atoms with E-state index >= 15 is 0 Å². The van der Waals surface area contributed by atoms with Gasteiger partial charge >= 0.3 is 5.97 Å². The number of rotatable bonds is 16. The lowest BCUT2D eigenvalue weighted by Crippen LogP contribution is -1.93. The van der Waals surface area contributed by atoms with Crippen molar-refractivity contribution in [2.45, 2.75) is 103 Å². The Morgan fingerprint density at radius 2 is 1.14 bits per heavy atom. The van der Waals surface area contributed by atoms with Crippen LogP contribution >= 0.6 is 0 Å². The smallest absolute Gasteiger partial charge is 0.330 e. The molecule has 0 rings (SSSR count). The second-order valence-electron chi connectivity index (χ2n) is 6.31. The second kappa shape index (κ2) is 18.3. The minimum absolute atomic E-state index is 0.245. The maximum absolute atomic E-state index is 10.9. The van der Waals surface area contributed by atoms with E-state index in [1.165, 1.54) is 103 Å². The molecule has 0 aromatic carbocycles. The minimum atomic E-state index is -0.245. The third-order valence-corrected chi connectivity index (χ3v) is 4.18. The zero-order chi connectivity index (χ0) is 16.3. The van der Waals surface area contributed by atoms with E-state index in [0.717, 1.165) is 6.42 Å². The van der Waals surface area contributed by atoms with Gasteiger partial charge in [0.25, 0.3) is 0 Å². The van der Waals surface area contributed by atoms with Gasteiger partial charge in [0.1, 0.15) is 0 Å². The molecule has 0 N–H and O–H groups in total. The first-order valence-electron chi connectivity index (χ1n) is 9.55. The zero-order valence-electron chi connectivity index (χ0n) is 15.1. The molecule has 0 saturated heterocycles. The highest BCUT2D eigenvalue weighted by atomic mass is 16.5. The number of unbranched alkanes of at least 4 members (excludes halogenated alkanes) is 14. The van der Waals surface area contributed by atoms with Crippen molar-refractivity contribution in [1.82, 2.24) is 0 Å². The van der Waals surface area contributed by atoms with Crippen LogP contribution in [0.25, 0.3) is 0 Å². The molecule has 0 saturated carbocycles. The van der Waals surface area contributed by atoms with E-state index in [-0.39, 0.29) is 5.97 Å². The molecule has 2 nitrogen and oxygen atoms in total. The summed E-state index contributed by atoms with van der Waals surface area (Å²) in [7, 11) is 1.42. The van der Waals surface area contributed by atoms with E-state index in [2.05, 4.69) is 11.7 Å². The SMILES string of the molecule is CCCCCCCCCCCCCCCC/C=C\C(=O)OC. The molecule has 0 fully saturated rings. The quantitative estimate of drug-likeness (QED) is 0.183. The normalized spacial score (nSPS) is 11.2. The van der Waals surface area contributed by atoms with Gasteiger partial charge in [-0.05, 0) is 12.8 Å². The second-order valence-corrected chi connectivity index (χ2v) is 6.31. The van der Waals surface area contributed by atoms with Crippen molar-refractivity contribution in [3.05, 3.63) is 12.2 Å². The van der Waals surface area contributed by atoms with E-state index in [9.17, 15) is 4.79 Å². The van der Waals surface area contributed by atoms with Gasteiger partial charge in [0.2, 0.25) is 0 Å². The summed E-state index contributed by atoms with van der Waals surface area (Å²) in [6.45, 7) is 2.28. The monoisotopic (exact) mass is 310 g/mol. The molecule has 0 heterocycles. The van der Waals surface area contributed by atoms with Crippen molar-refractivity contribution < 1.29 is 9.53 Å². The van der Waals surface area contributed by atoms with Gasteiger partial charge in [0.05, 0.1) is 7.11 Å². The lowest BCUT2D eigenvalue weighted by Gasteiger charge is -2.02. The van der Waals surface area contributed by atoms with Crippen molar-refractivity contribution in [2.75, 3.05) is 7.11 Å². The Morgan fingerprint density at radius 1 is 0.727 bits per heavy atom. The van der Waals surface area contributed by atoms with Crippen LogP contribution in [-0.4, -0.2) is 13.1 Å². The van der Waals surface area contributed by atoms with Crippen molar-refractivity contribution in [3.63, 3.8) is 0 Å². The average Bonchev–Trinajstić information content (AvgIpc) is 2.54. The summed E-state index contributed by atoms with van der Waals surface area (Å²) >= 11 is 0. The molecule has 0 bridgehead atoms. The number of ether oxygens (including phenoxy) is 1. The molecular formula is C20H38O2. The predicted molar refractivity (Wildman–Crippen MR) is 96.1 cm³/mol. The van der Waals surface area contributed by atoms with Crippen molar-refractivity contribution >= 4 is 5.97 Å². The van der Waals surface area contributed by atoms with Crippen molar-refractivity contribution in [2.24, 2.45) is 0 Å². The van der Waals surface area contributed by atoms with Crippen LogP contribution < -0.4 is 0 Å². The fourth-order valence-electron chi connectivity index (χ4n) is 2.70. The summed E-state index contributed by atoms with van der Waals surface area (Å²) in [6, 6.07) is 0. The Morgan fingerprint density at radius 3 is 1.55 bits per heavy atom. The van der Waals surface area contributed by atoms with Crippen LogP contribution in [0.3, 0.4) is 0 Å². The Kier molecular flexibility index (Phi) is 17.6. The third-order valence-electron chi connectivity index (χ3n) is 4.18. The van der Waals surface area contributed by atoms with E-state index in [1.54, 1.807) is 0 Å². The number of allylic oxidation sites excluding steroid dienone is 1. The molecule has 0 aliphatic carbocycles. The maximum Gasteiger partial charge on any atom is 0.330 e. The highest BCUT2D eigenvalue weighted by Gasteiger charge is 1.94. The van der Waals surface area contributed by atoms with Crippen molar-refractivity contribution in [3.8, 4) is 0 Å². The summed E-state index contributed by atoms with van der Waals surface area (Å²) < 4.78 is 4.55.